The van der Waals surface area contributed by atoms with Crippen LogP contribution in [0, 0.1) is 0 Å². The van der Waals surface area contributed by atoms with Gasteiger partial charge in [-0.1, -0.05) is 0 Å². The van der Waals surface area contributed by atoms with Gasteiger partial charge in [-0.3, -0.25) is 0 Å². The van der Waals surface area contributed by atoms with E-state index in [0.29, 0.717) is 0 Å². The standard InChI is InChI=1S/C21H16O12/c22-16(23)10-4-6-12(18(26)27)14(20(30)31)8(10)2-1-3-9-11(17(24)25)5-7-13(19(28)29)15(9)21(32)33/h4-7H,1-3H2,(H,22,23)(H,24,25)(H,26,27)(H,28,29)(H,30,31)(H,32,33). The summed E-state index contributed by atoms with van der Waals surface area (Å²) in [5.41, 5.74) is -4.53. The van der Waals surface area contributed by atoms with Crippen LogP contribution in [0.2, 0.25) is 0 Å². The van der Waals surface area contributed by atoms with Gasteiger partial charge < -0.3 is 30.6 Å². The number of hydrogen-bond donors (Lipinski definition) is 6. The monoisotopic (exact) mass is 460 g/mol. The van der Waals surface area contributed by atoms with Crippen molar-refractivity contribution in [3.8, 4) is 0 Å². The fraction of sp³-hybridized carbons (Fsp3) is 0.143. The summed E-state index contributed by atoms with van der Waals surface area (Å²) in [6.45, 7) is 0. The molecule has 0 saturated carbocycles. The van der Waals surface area contributed by atoms with E-state index in [1.54, 1.807) is 0 Å². The molecular formula is C21H16O12. The quantitative estimate of drug-likeness (QED) is 0.299. The molecule has 0 fully saturated rings. The highest BCUT2D eigenvalue weighted by Crippen LogP contribution is 2.26. The number of carboxylic acid groups (broad SMARTS) is 6. The van der Waals surface area contributed by atoms with Crippen LogP contribution in [-0.2, 0) is 12.8 Å². The Morgan fingerprint density at radius 3 is 0.970 bits per heavy atom. The van der Waals surface area contributed by atoms with Gasteiger partial charge >= 0.3 is 35.8 Å². The Bertz CT molecular complexity index is 1110. The maximum absolute atomic E-state index is 11.7. The van der Waals surface area contributed by atoms with Gasteiger partial charge in [0.1, 0.15) is 0 Å². The van der Waals surface area contributed by atoms with Gasteiger partial charge in [0.25, 0.3) is 0 Å². The van der Waals surface area contributed by atoms with Crippen molar-refractivity contribution < 1.29 is 59.4 Å². The van der Waals surface area contributed by atoms with E-state index < -0.39 is 69.2 Å². The van der Waals surface area contributed by atoms with E-state index in [4.69, 9.17) is 0 Å². The zero-order chi connectivity index (χ0) is 25.0. The van der Waals surface area contributed by atoms with Crippen LogP contribution in [0.15, 0.2) is 24.3 Å². The lowest BCUT2D eigenvalue weighted by Gasteiger charge is -2.15. The Kier molecular flexibility index (Phi) is 7.13. The SMILES string of the molecule is O=C(O)c1ccc(C(=O)O)c(C(=O)O)c1CCCc1c(C(=O)O)ccc(C(=O)O)c1C(=O)O. The lowest BCUT2D eigenvalue weighted by Crippen LogP contribution is -2.18. The molecule has 0 amide bonds. The van der Waals surface area contributed by atoms with E-state index in [9.17, 15) is 59.4 Å². The lowest BCUT2D eigenvalue weighted by atomic mass is 9.88. The minimum absolute atomic E-state index is 0.215. The number of hydrogen-bond acceptors (Lipinski definition) is 6. The van der Waals surface area contributed by atoms with Crippen LogP contribution in [-0.4, -0.2) is 66.5 Å². The van der Waals surface area contributed by atoms with Gasteiger partial charge in [0, 0.05) is 0 Å². The second-order valence-corrected chi connectivity index (χ2v) is 6.71. The molecule has 0 heterocycles. The van der Waals surface area contributed by atoms with Crippen LogP contribution in [0.4, 0.5) is 0 Å². The third-order valence-corrected chi connectivity index (χ3v) is 4.83. The van der Waals surface area contributed by atoms with Gasteiger partial charge in [0.2, 0.25) is 0 Å². The lowest BCUT2D eigenvalue weighted by molar-refractivity contribution is 0.0647. The maximum Gasteiger partial charge on any atom is 0.336 e. The van der Waals surface area contributed by atoms with Crippen LogP contribution in [0.25, 0.3) is 0 Å². The fourth-order valence-electron chi connectivity index (χ4n) is 3.50. The summed E-state index contributed by atoms with van der Waals surface area (Å²) in [6.07, 6.45) is -0.965. The van der Waals surface area contributed by atoms with Gasteiger partial charge in [-0.15, -0.1) is 0 Å². The number of benzene rings is 2. The van der Waals surface area contributed by atoms with E-state index in [1.807, 2.05) is 0 Å². The molecule has 2 aromatic carbocycles. The van der Waals surface area contributed by atoms with Crippen molar-refractivity contribution in [3.63, 3.8) is 0 Å². The molecule has 0 radical (unpaired) electrons. The van der Waals surface area contributed by atoms with Crippen LogP contribution >= 0.6 is 0 Å². The number of aromatic carboxylic acids is 6. The Balaban J connectivity index is 2.59. The molecule has 2 aromatic rings. The summed E-state index contributed by atoms with van der Waals surface area (Å²) in [5, 5.41) is 56.2. The Hall–Kier alpha value is -4.74. The van der Waals surface area contributed by atoms with E-state index in [0.717, 1.165) is 24.3 Å². The van der Waals surface area contributed by atoms with E-state index in [-0.39, 0.29) is 30.4 Å². The molecule has 0 atom stereocenters. The Labute approximate surface area is 184 Å². The first-order valence-corrected chi connectivity index (χ1v) is 9.09. The van der Waals surface area contributed by atoms with Gasteiger partial charge in [-0.2, -0.15) is 0 Å². The average molecular weight is 460 g/mol. The van der Waals surface area contributed by atoms with Crippen LogP contribution < -0.4 is 0 Å². The normalized spacial score (nSPS) is 10.4. The van der Waals surface area contributed by atoms with Crippen molar-refractivity contribution in [2.45, 2.75) is 19.3 Å². The second kappa shape index (κ2) is 9.60. The highest BCUT2D eigenvalue weighted by atomic mass is 16.4. The number of carbonyl (C=O) groups is 6. The first kappa shape index (κ1) is 24.5. The number of rotatable bonds is 10. The molecule has 0 spiro atoms. The molecule has 0 unspecified atom stereocenters. The largest absolute Gasteiger partial charge is 0.478 e. The first-order valence-electron chi connectivity index (χ1n) is 9.09. The Morgan fingerprint density at radius 2 is 0.727 bits per heavy atom. The van der Waals surface area contributed by atoms with E-state index in [1.165, 1.54) is 0 Å². The maximum atomic E-state index is 11.7. The summed E-state index contributed by atoms with van der Waals surface area (Å²) >= 11 is 0. The first-order chi connectivity index (χ1) is 15.4. The molecule has 0 aromatic heterocycles. The van der Waals surface area contributed by atoms with E-state index in [2.05, 4.69) is 0 Å². The molecule has 0 aliphatic rings. The third kappa shape index (κ3) is 4.95. The molecule has 0 aliphatic heterocycles. The zero-order valence-corrected chi connectivity index (χ0v) is 16.6. The van der Waals surface area contributed by atoms with Crippen molar-refractivity contribution >= 4 is 35.8 Å². The average Bonchev–Trinajstić information content (AvgIpc) is 2.71. The van der Waals surface area contributed by atoms with Gasteiger partial charge in [0.15, 0.2) is 0 Å². The molecule has 6 N–H and O–H groups in total. The molecule has 172 valence electrons. The summed E-state index contributed by atoms with van der Waals surface area (Å²) in [7, 11) is 0. The molecular weight excluding hydrogens is 444 g/mol. The smallest absolute Gasteiger partial charge is 0.336 e. The summed E-state index contributed by atoms with van der Waals surface area (Å²) in [6, 6.07) is 3.51. The van der Waals surface area contributed by atoms with Crippen molar-refractivity contribution in [2.75, 3.05) is 0 Å². The topological polar surface area (TPSA) is 224 Å². The molecule has 2 rings (SSSR count). The predicted molar refractivity (Wildman–Crippen MR) is 107 cm³/mol. The van der Waals surface area contributed by atoms with Crippen molar-refractivity contribution in [1.82, 2.24) is 0 Å². The Morgan fingerprint density at radius 1 is 0.455 bits per heavy atom. The number of carboxylic acids is 6. The molecule has 12 heteroatoms. The zero-order valence-electron chi connectivity index (χ0n) is 16.6. The van der Waals surface area contributed by atoms with Crippen LogP contribution in [0.3, 0.4) is 0 Å². The fourth-order valence-corrected chi connectivity index (χ4v) is 3.50. The molecule has 0 aliphatic carbocycles. The van der Waals surface area contributed by atoms with Crippen LogP contribution in [0.1, 0.15) is 79.7 Å². The van der Waals surface area contributed by atoms with Crippen LogP contribution in [0.5, 0.6) is 0 Å². The minimum atomic E-state index is -1.70. The summed E-state index contributed by atoms with van der Waals surface area (Å²) in [4.78, 5) is 69.3. The third-order valence-electron chi connectivity index (χ3n) is 4.83. The van der Waals surface area contributed by atoms with E-state index >= 15 is 0 Å². The molecule has 12 nitrogen and oxygen atoms in total. The molecule has 33 heavy (non-hydrogen) atoms. The van der Waals surface area contributed by atoms with Gasteiger partial charge in [0.05, 0.1) is 33.4 Å². The van der Waals surface area contributed by atoms with Gasteiger partial charge in [-0.05, 0) is 54.7 Å². The second-order valence-electron chi connectivity index (χ2n) is 6.71. The molecule has 0 bridgehead atoms. The predicted octanol–water partition coefficient (Wildman–Crippen LogP) is 2.05. The molecule has 0 saturated heterocycles. The van der Waals surface area contributed by atoms with Crippen molar-refractivity contribution in [1.29, 1.82) is 0 Å². The minimum Gasteiger partial charge on any atom is -0.478 e. The highest BCUT2D eigenvalue weighted by Gasteiger charge is 2.27. The van der Waals surface area contributed by atoms with Crippen molar-refractivity contribution in [3.05, 3.63) is 68.8 Å². The van der Waals surface area contributed by atoms with Crippen molar-refractivity contribution in [2.24, 2.45) is 0 Å². The van der Waals surface area contributed by atoms with Gasteiger partial charge in [-0.25, -0.2) is 28.8 Å². The highest BCUT2D eigenvalue weighted by molar-refractivity contribution is 6.06. The summed E-state index contributed by atoms with van der Waals surface area (Å²) < 4.78 is 0. The summed E-state index contributed by atoms with van der Waals surface area (Å²) in [5.74, 6) is -9.68.